The van der Waals surface area contributed by atoms with Crippen molar-refractivity contribution in [3.8, 4) is 0 Å². The standard InChI is InChI=1S/C15H16N6/c16-12(11-6-7-11)13-14-15(18-9-17-13)21(20-19-14)8-10-4-2-1-3-5-10/h1-5,9,11-12H,6-8,16H2. The summed E-state index contributed by atoms with van der Waals surface area (Å²) in [5.41, 5.74) is 9.72. The fraction of sp³-hybridized carbons (Fsp3) is 0.333. The third kappa shape index (κ3) is 2.27. The Morgan fingerprint density at radius 3 is 2.76 bits per heavy atom. The zero-order valence-electron chi connectivity index (χ0n) is 11.6. The van der Waals surface area contributed by atoms with E-state index in [1.807, 2.05) is 18.2 Å². The second kappa shape index (κ2) is 4.89. The van der Waals surface area contributed by atoms with Gasteiger partial charge < -0.3 is 5.73 Å². The minimum absolute atomic E-state index is 0.0580. The van der Waals surface area contributed by atoms with Crippen LogP contribution in [-0.4, -0.2) is 25.0 Å². The lowest BCUT2D eigenvalue weighted by molar-refractivity contribution is 0.617. The predicted molar refractivity (Wildman–Crippen MR) is 78.3 cm³/mol. The molecule has 0 saturated heterocycles. The Hall–Kier alpha value is -2.34. The van der Waals surface area contributed by atoms with E-state index in [9.17, 15) is 0 Å². The lowest BCUT2D eigenvalue weighted by atomic mass is 10.1. The third-order valence-corrected chi connectivity index (χ3v) is 3.95. The molecule has 0 radical (unpaired) electrons. The van der Waals surface area contributed by atoms with Gasteiger partial charge in [-0.3, -0.25) is 0 Å². The van der Waals surface area contributed by atoms with Gasteiger partial charge in [0.2, 0.25) is 0 Å². The molecule has 2 N–H and O–H groups in total. The number of hydrogen-bond donors (Lipinski definition) is 1. The van der Waals surface area contributed by atoms with Gasteiger partial charge in [-0.25, -0.2) is 14.6 Å². The molecule has 1 fully saturated rings. The van der Waals surface area contributed by atoms with Gasteiger partial charge >= 0.3 is 0 Å². The van der Waals surface area contributed by atoms with Gasteiger partial charge in [0, 0.05) is 0 Å². The average molecular weight is 280 g/mol. The molecule has 1 aromatic carbocycles. The highest BCUT2D eigenvalue weighted by Gasteiger charge is 2.32. The molecule has 6 nitrogen and oxygen atoms in total. The molecule has 1 unspecified atom stereocenters. The maximum absolute atomic E-state index is 6.26. The molecule has 21 heavy (non-hydrogen) atoms. The van der Waals surface area contributed by atoms with Crippen molar-refractivity contribution >= 4 is 11.2 Å². The van der Waals surface area contributed by atoms with Crippen molar-refractivity contribution < 1.29 is 0 Å². The molecule has 6 heteroatoms. The van der Waals surface area contributed by atoms with Crippen LogP contribution in [0.2, 0.25) is 0 Å². The van der Waals surface area contributed by atoms with Gasteiger partial charge in [0.15, 0.2) is 11.2 Å². The number of fused-ring (bicyclic) bond motifs is 1. The molecule has 106 valence electrons. The van der Waals surface area contributed by atoms with Gasteiger partial charge in [0.25, 0.3) is 0 Å². The van der Waals surface area contributed by atoms with Crippen molar-refractivity contribution in [2.45, 2.75) is 25.4 Å². The average Bonchev–Trinajstić information content (AvgIpc) is 3.30. The van der Waals surface area contributed by atoms with Gasteiger partial charge in [0.1, 0.15) is 6.33 Å². The van der Waals surface area contributed by atoms with E-state index >= 15 is 0 Å². The van der Waals surface area contributed by atoms with E-state index in [4.69, 9.17) is 5.73 Å². The van der Waals surface area contributed by atoms with Gasteiger partial charge in [-0.05, 0) is 24.3 Å². The maximum atomic E-state index is 6.26. The Bertz CT molecular complexity index is 762. The van der Waals surface area contributed by atoms with Gasteiger partial charge in [-0.1, -0.05) is 35.5 Å². The Kier molecular flexibility index (Phi) is 2.89. The first-order valence-corrected chi connectivity index (χ1v) is 7.16. The van der Waals surface area contributed by atoms with Crippen LogP contribution in [0.15, 0.2) is 36.7 Å². The van der Waals surface area contributed by atoms with E-state index in [1.165, 1.54) is 12.8 Å². The lowest BCUT2D eigenvalue weighted by Gasteiger charge is -2.09. The monoisotopic (exact) mass is 280 g/mol. The minimum Gasteiger partial charge on any atom is -0.322 e. The van der Waals surface area contributed by atoms with Crippen molar-refractivity contribution in [2.24, 2.45) is 11.7 Å². The van der Waals surface area contributed by atoms with Crippen molar-refractivity contribution in [1.29, 1.82) is 0 Å². The summed E-state index contributed by atoms with van der Waals surface area (Å²) in [6, 6.07) is 10.1. The second-order valence-corrected chi connectivity index (χ2v) is 5.53. The second-order valence-electron chi connectivity index (χ2n) is 5.53. The molecule has 0 spiro atoms. The molecule has 0 bridgehead atoms. The molecule has 1 atom stereocenters. The van der Waals surface area contributed by atoms with E-state index in [-0.39, 0.29) is 6.04 Å². The Labute approximate surface area is 122 Å². The zero-order chi connectivity index (χ0) is 14.2. The van der Waals surface area contributed by atoms with Crippen LogP contribution in [0.4, 0.5) is 0 Å². The highest BCUT2D eigenvalue weighted by molar-refractivity contribution is 5.72. The Balaban J connectivity index is 1.73. The summed E-state index contributed by atoms with van der Waals surface area (Å²) in [6.45, 7) is 0.645. The van der Waals surface area contributed by atoms with Crippen LogP contribution in [0.5, 0.6) is 0 Å². The van der Waals surface area contributed by atoms with Crippen LogP contribution in [0.3, 0.4) is 0 Å². The predicted octanol–water partition coefficient (Wildman–Crippen LogP) is 1.68. The van der Waals surface area contributed by atoms with E-state index in [0.717, 1.165) is 22.4 Å². The smallest absolute Gasteiger partial charge is 0.182 e. The zero-order valence-corrected chi connectivity index (χ0v) is 11.6. The van der Waals surface area contributed by atoms with Crippen molar-refractivity contribution in [1.82, 2.24) is 25.0 Å². The largest absolute Gasteiger partial charge is 0.322 e. The summed E-state index contributed by atoms with van der Waals surface area (Å²) in [5, 5.41) is 8.48. The maximum Gasteiger partial charge on any atom is 0.182 e. The van der Waals surface area contributed by atoms with Gasteiger partial charge in [0.05, 0.1) is 18.3 Å². The number of aromatic nitrogens is 5. The summed E-state index contributed by atoms with van der Waals surface area (Å²) in [6.07, 6.45) is 3.90. The molecule has 1 aliphatic rings. The quantitative estimate of drug-likeness (QED) is 0.786. The molecule has 2 heterocycles. The summed E-state index contributed by atoms with van der Waals surface area (Å²) < 4.78 is 1.80. The van der Waals surface area contributed by atoms with E-state index in [0.29, 0.717) is 12.5 Å². The van der Waals surface area contributed by atoms with Crippen molar-refractivity contribution in [3.63, 3.8) is 0 Å². The molecule has 0 aliphatic heterocycles. The fourth-order valence-corrected chi connectivity index (χ4v) is 2.59. The minimum atomic E-state index is -0.0580. The Morgan fingerprint density at radius 1 is 1.19 bits per heavy atom. The Morgan fingerprint density at radius 2 is 2.00 bits per heavy atom. The van der Waals surface area contributed by atoms with Crippen molar-refractivity contribution in [2.75, 3.05) is 0 Å². The highest BCUT2D eigenvalue weighted by atomic mass is 15.4. The van der Waals surface area contributed by atoms with Crippen LogP contribution in [-0.2, 0) is 6.54 Å². The van der Waals surface area contributed by atoms with E-state index in [2.05, 4.69) is 32.4 Å². The van der Waals surface area contributed by atoms with E-state index in [1.54, 1.807) is 11.0 Å². The molecular formula is C15H16N6. The number of nitrogens with zero attached hydrogens (tertiary/aromatic N) is 5. The third-order valence-electron chi connectivity index (χ3n) is 3.95. The van der Waals surface area contributed by atoms with Crippen LogP contribution >= 0.6 is 0 Å². The highest BCUT2D eigenvalue weighted by Crippen LogP contribution is 2.39. The van der Waals surface area contributed by atoms with Crippen LogP contribution < -0.4 is 5.73 Å². The summed E-state index contributed by atoms with van der Waals surface area (Å²) in [5.74, 6) is 0.530. The number of nitrogens with two attached hydrogens (primary N) is 1. The van der Waals surface area contributed by atoms with Crippen LogP contribution in [0.25, 0.3) is 11.2 Å². The van der Waals surface area contributed by atoms with E-state index < -0.39 is 0 Å². The fourth-order valence-electron chi connectivity index (χ4n) is 2.59. The molecule has 4 rings (SSSR count). The molecule has 3 aromatic rings. The van der Waals surface area contributed by atoms with Crippen molar-refractivity contribution in [3.05, 3.63) is 47.9 Å². The summed E-state index contributed by atoms with van der Waals surface area (Å²) >= 11 is 0. The topological polar surface area (TPSA) is 82.5 Å². The first-order chi connectivity index (χ1) is 10.3. The molecule has 0 amide bonds. The first-order valence-electron chi connectivity index (χ1n) is 7.16. The number of hydrogen-bond acceptors (Lipinski definition) is 5. The number of benzene rings is 1. The first kappa shape index (κ1) is 12.4. The molecule has 1 aliphatic carbocycles. The van der Waals surface area contributed by atoms with Crippen LogP contribution in [0.1, 0.15) is 30.1 Å². The van der Waals surface area contributed by atoms with Crippen LogP contribution in [0, 0.1) is 5.92 Å². The van der Waals surface area contributed by atoms with Gasteiger partial charge in [-0.2, -0.15) is 0 Å². The molecular weight excluding hydrogens is 264 g/mol. The molecule has 1 saturated carbocycles. The van der Waals surface area contributed by atoms with Gasteiger partial charge in [-0.15, -0.1) is 5.10 Å². The summed E-state index contributed by atoms with van der Waals surface area (Å²) in [7, 11) is 0. The lowest BCUT2D eigenvalue weighted by Crippen LogP contribution is -2.15. The summed E-state index contributed by atoms with van der Waals surface area (Å²) in [4.78, 5) is 8.67. The number of rotatable bonds is 4. The SMILES string of the molecule is NC(c1ncnc2c1nnn2Cc1ccccc1)C1CC1. The normalized spacial score (nSPS) is 16.2. The molecule has 2 aromatic heterocycles.